The molecule has 0 aliphatic rings. The van der Waals surface area contributed by atoms with E-state index in [4.69, 9.17) is 4.74 Å². The molecule has 0 saturated carbocycles. The van der Waals surface area contributed by atoms with E-state index in [2.05, 4.69) is 20.8 Å². The second kappa shape index (κ2) is 7.45. The van der Waals surface area contributed by atoms with E-state index in [1.54, 1.807) is 44.5 Å². The van der Waals surface area contributed by atoms with Gasteiger partial charge in [0.1, 0.15) is 11.4 Å². The lowest BCUT2D eigenvalue weighted by molar-refractivity contribution is 0.0593. The number of methoxy groups -OCH3 is 1. The Morgan fingerprint density at radius 1 is 1.23 bits per heavy atom. The maximum absolute atomic E-state index is 12.0. The highest BCUT2D eigenvalue weighted by atomic mass is 16.5. The van der Waals surface area contributed by atoms with E-state index in [0.717, 1.165) is 16.5 Å². The van der Waals surface area contributed by atoms with Crippen LogP contribution in [-0.4, -0.2) is 35.0 Å². The third kappa shape index (κ3) is 4.12. The van der Waals surface area contributed by atoms with Gasteiger partial charge in [-0.05, 0) is 36.2 Å². The van der Waals surface area contributed by atoms with Crippen LogP contribution >= 0.6 is 0 Å². The molecule has 0 saturated heterocycles. The highest BCUT2D eigenvalue weighted by molar-refractivity contribution is 5.79. The maximum atomic E-state index is 12.0. The van der Waals surface area contributed by atoms with Gasteiger partial charge in [0.25, 0.3) is 0 Å². The van der Waals surface area contributed by atoms with Gasteiger partial charge in [0.15, 0.2) is 0 Å². The normalized spacial score (nSPS) is 13.2. The third-order valence-corrected chi connectivity index (χ3v) is 4.26. The number of urea groups is 1. The van der Waals surface area contributed by atoms with Gasteiger partial charge in [0, 0.05) is 11.9 Å². The summed E-state index contributed by atoms with van der Waals surface area (Å²) in [6.45, 7) is 2.12. The molecule has 7 heteroatoms. The number of benzene rings is 2. The summed E-state index contributed by atoms with van der Waals surface area (Å²) in [6, 6.07) is 12.6. The van der Waals surface area contributed by atoms with Gasteiger partial charge in [-0.2, -0.15) is 5.10 Å². The summed E-state index contributed by atoms with van der Waals surface area (Å²) in [6.07, 6.45) is 1.75. The molecule has 136 valence electrons. The Morgan fingerprint density at radius 2 is 2.00 bits per heavy atom. The van der Waals surface area contributed by atoms with Crippen LogP contribution in [0.5, 0.6) is 5.75 Å². The van der Waals surface area contributed by atoms with Gasteiger partial charge in [-0.15, -0.1) is 0 Å². The van der Waals surface area contributed by atoms with Crippen molar-refractivity contribution in [3.05, 3.63) is 59.8 Å². The predicted octanol–water partition coefficient (Wildman–Crippen LogP) is 2.28. The van der Waals surface area contributed by atoms with Crippen LogP contribution in [0.15, 0.2) is 48.7 Å². The first kappa shape index (κ1) is 17.8. The molecule has 3 aromatic rings. The van der Waals surface area contributed by atoms with E-state index < -0.39 is 5.60 Å². The minimum atomic E-state index is -1.18. The van der Waals surface area contributed by atoms with E-state index in [-0.39, 0.29) is 12.6 Å². The molecule has 0 aliphatic carbocycles. The maximum Gasteiger partial charge on any atom is 0.315 e. The topological polar surface area (TPSA) is 99.3 Å². The molecule has 0 spiro atoms. The van der Waals surface area contributed by atoms with Gasteiger partial charge in [-0.3, -0.25) is 5.10 Å². The van der Waals surface area contributed by atoms with Gasteiger partial charge in [-0.25, -0.2) is 4.79 Å². The summed E-state index contributed by atoms with van der Waals surface area (Å²) in [7, 11) is 1.59. The van der Waals surface area contributed by atoms with Crippen molar-refractivity contribution in [2.45, 2.75) is 19.1 Å². The highest BCUT2D eigenvalue weighted by Crippen LogP contribution is 2.22. The van der Waals surface area contributed by atoms with Gasteiger partial charge in [0.2, 0.25) is 0 Å². The number of nitrogens with zero attached hydrogens (tertiary/aromatic N) is 1. The number of hydrogen-bond acceptors (Lipinski definition) is 4. The lowest BCUT2D eigenvalue weighted by Crippen LogP contribution is -2.43. The van der Waals surface area contributed by atoms with Crippen molar-refractivity contribution in [2.24, 2.45) is 0 Å². The summed E-state index contributed by atoms with van der Waals surface area (Å²) in [5.41, 5.74) is 1.40. The Kier molecular flexibility index (Phi) is 5.09. The zero-order chi connectivity index (χ0) is 18.6. The highest BCUT2D eigenvalue weighted by Gasteiger charge is 2.23. The summed E-state index contributed by atoms with van der Waals surface area (Å²) < 4.78 is 5.11. The standard InChI is InChI=1S/C19H22N4O3/c1-19(25,15-5-7-16(26-2)8-6-15)12-21-18(24)20-10-13-3-4-14-11-22-23-17(14)9-13/h3-9,11,25H,10,12H2,1-2H3,(H,22,23)(H2,20,21,24). The van der Waals surface area contributed by atoms with Crippen LogP contribution < -0.4 is 15.4 Å². The Bertz CT molecular complexity index is 887. The van der Waals surface area contributed by atoms with Crippen molar-refractivity contribution in [3.63, 3.8) is 0 Å². The average Bonchev–Trinajstić information content (AvgIpc) is 3.12. The minimum Gasteiger partial charge on any atom is -0.497 e. The lowest BCUT2D eigenvalue weighted by atomic mass is 9.96. The van der Waals surface area contributed by atoms with Gasteiger partial charge in [-0.1, -0.05) is 24.3 Å². The number of aliphatic hydroxyl groups is 1. The number of rotatable bonds is 6. The van der Waals surface area contributed by atoms with Crippen LogP contribution in [0.2, 0.25) is 0 Å². The molecule has 1 atom stereocenters. The smallest absolute Gasteiger partial charge is 0.315 e. The SMILES string of the molecule is COc1ccc(C(C)(O)CNC(=O)NCc2ccc3cn[nH]c3c2)cc1. The molecule has 7 nitrogen and oxygen atoms in total. The molecule has 0 aliphatic heterocycles. The fraction of sp³-hybridized carbons (Fsp3) is 0.263. The Balaban J connectivity index is 1.52. The van der Waals surface area contributed by atoms with Crippen LogP contribution in [0.4, 0.5) is 4.79 Å². The van der Waals surface area contributed by atoms with Crippen LogP contribution in [0, 0.1) is 0 Å². The average molecular weight is 354 g/mol. The van der Waals surface area contributed by atoms with E-state index in [1.807, 2.05) is 18.2 Å². The number of ether oxygens (including phenoxy) is 1. The second-order valence-electron chi connectivity index (χ2n) is 6.33. The monoisotopic (exact) mass is 354 g/mol. The first-order valence-corrected chi connectivity index (χ1v) is 8.28. The minimum absolute atomic E-state index is 0.0880. The molecule has 3 rings (SSSR count). The molecule has 0 bridgehead atoms. The van der Waals surface area contributed by atoms with E-state index in [1.165, 1.54) is 0 Å². The molecular formula is C19H22N4O3. The van der Waals surface area contributed by atoms with E-state index >= 15 is 0 Å². The van der Waals surface area contributed by atoms with Crippen LogP contribution in [0.25, 0.3) is 10.9 Å². The van der Waals surface area contributed by atoms with Crippen molar-refractivity contribution >= 4 is 16.9 Å². The number of carbonyl (C=O) groups excluding carboxylic acids is 1. The Hall–Kier alpha value is -3.06. The van der Waals surface area contributed by atoms with Crippen LogP contribution in [-0.2, 0) is 12.1 Å². The molecular weight excluding hydrogens is 332 g/mol. The van der Waals surface area contributed by atoms with E-state index in [9.17, 15) is 9.90 Å². The lowest BCUT2D eigenvalue weighted by Gasteiger charge is -2.24. The largest absolute Gasteiger partial charge is 0.497 e. The van der Waals surface area contributed by atoms with Gasteiger partial charge >= 0.3 is 6.03 Å². The number of nitrogens with one attached hydrogen (secondary N) is 3. The first-order valence-electron chi connectivity index (χ1n) is 8.28. The molecule has 0 fully saturated rings. The molecule has 1 heterocycles. The number of H-pyrrole nitrogens is 1. The van der Waals surface area contributed by atoms with Crippen molar-refractivity contribution in [2.75, 3.05) is 13.7 Å². The molecule has 1 aromatic heterocycles. The van der Waals surface area contributed by atoms with E-state index in [0.29, 0.717) is 17.9 Å². The number of amides is 2. The zero-order valence-corrected chi connectivity index (χ0v) is 14.7. The Morgan fingerprint density at radius 3 is 2.73 bits per heavy atom. The number of hydrogen-bond donors (Lipinski definition) is 4. The summed E-state index contributed by atoms with van der Waals surface area (Å²) in [5.74, 6) is 0.712. The number of aromatic amines is 1. The number of fused-ring (bicyclic) bond motifs is 1. The third-order valence-electron chi connectivity index (χ3n) is 4.26. The summed E-state index contributed by atoms with van der Waals surface area (Å²) >= 11 is 0. The van der Waals surface area contributed by atoms with Crippen molar-refractivity contribution in [1.82, 2.24) is 20.8 Å². The second-order valence-corrected chi connectivity index (χ2v) is 6.33. The molecule has 4 N–H and O–H groups in total. The summed E-state index contributed by atoms with van der Waals surface area (Å²) in [4.78, 5) is 12.0. The Labute approximate surface area is 151 Å². The quantitative estimate of drug-likeness (QED) is 0.546. The molecule has 26 heavy (non-hydrogen) atoms. The predicted molar refractivity (Wildman–Crippen MR) is 98.9 cm³/mol. The fourth-order valence-corrected chi connectivity index (χ4v) is 2.64. The number of carbonyl (C=O) groups is 1. The molecule has 1 unspecified atom stereocenters. The zero-order valence-electron chi connectivity index (χ0n) is 14.7. The van der Waals surface area contributed by atoms with Crippen LogP contribution in [0.3, 0.4) is 0 Å². The summed E-state index contributed by atoms with van der Waals surface area (Å²) in [5, 5.41) is 24.0. The van der Waals surface area contributed by atoms with Crippen LogP contribution in [0.1, 0.15) is 18.1 Å². The molecule has 2 aromatic carbocycles. The van der Waals surface area contributed by atoms with Gasteiger partial charge in [0.05, 0.1) is 25.4 Å². The molecule has 0 radical (unpaired) electrons. The first-order chi connectivity index (χ1) is 12.5. The van der Waals surface area contributed by atoms with Crippen molar-refractivity contribution in [1.29, 1.82) is 0 Å². The number of aromatic nitrogens is 2. The molecule has 2 amide bonds. The fourth-order valence-electron chi connectivity index (χ4n) is 2.64. The van der Waals surface area contributed by atoms with Crippen molar-refractivity contribution < 1.29 is 14.6 Å². The van der Waals surface area contributed by atoms with Gasteiger partial charge < -0.3 is 20.5 Å². The van der Waals surface area contributed by atoms with Crippen molar-refractivity contribution in [3.8, 4) is 5.75 Å².